The molecule has 6 heteroatoms. The Morgan fingerprint density at radius 1 is 1.47 bits per heavy atom. The van der Waals surface area contributed by atoms with Crippen LogP contribution in [0, 0.1) is 10.1 Å². The number of nitroso groups, excluding NO2 is 1. The van der Waals surface area contributed by atoms with Crippen LogP contribution in [0.5, 0.6) is 0 Å². The zero-order chi connectivity index (χ0) is 12.0. The largest absolute Gasteiger partial charge is 0.622 e. The molecule has 0 aliphatic carbocycles. The summed E-state index contributed by atoms with van der Waals surface area (Å²) in [6, 6.07) is 0. The molecule has 1 rings (SSSR count). The summed E-state index contributed by atoms with van der Waals surface area (Å²) in [5.74, 6) is 0. The van der Waals surface area contributed by atoms with Crippen molar-refractivity contribution in [3.8, 4) is 0 Å². The summed E-state index contributed by atoms with van der Waals surface area (Å²) in [4.78, 5) is 10.7. The van der Waals surface area contributed by atoms with Crippen molar-refractivity contribution in [1.29, 1.82) is 0 Å². The second-order valence-electron chi connectivity index (χ2n) is 4.74. The third-order valence-corrected chi connectivity index (χ3v) is 3.28. The third-order valence-electron chi connectivity index (χ3n) is 2.85. The van der Waals surface area contributed by atoms with Crippen LogP contribution in [0.1, 0.15) is 34.6 Å². The van der Waals surface area contributed by atoms with Crippen LogP contribution >= 0.6 is 15.9 Å². The highest BCUT2D eigenvalue weighted by atomic mass is 79.9. The van der Waals surface area contributed by atoms with E-state index >= 15 is 0 Å². The fourth-order valence-electron chi connectivity index (χ4n) is 2.27. The van der Waals surface area contributed by atoms with E-state index in [0.717, 1.165) is 4.74 Å². The van der Waals surface area contributed by atoms with Crippen molar-refractivity contribution in [3.05, 3.63) is 10.1 Å². The number of halogens is 1. The molecule has 1 unspecified atom stereocenters. The van der Waals surface area contributed by atoms with Crippen molar-refractivity contribution in [2.75, 3.05) is 0 Å². The SMILES string of the molecule is CC(Br)C1=[N+]([O-])C(C)(C)N(N=O)C1(C)C. The maximum Gasteiger partial charge on any atom is 0.260 e. The first kappa shape index (κ1) is 12.4. The minimum absolute atomic E-state index is 0.0870. The molecule has 15 heavy (non-hydrogen) atoms. The van der Waals surface area contributed by atoms with Gasteiger partial charge in [0.05, 0.1) is 10.1 Å². The normalized spacial score (nSPS) is 25.6. The number of nitrogens with zero attached hydrogens (tertiary/aromatic N) is 3. The topological polar surface area (TPSA) is 58.7 Å². The number of rotatable bonds is 2. The van der Waals surface area contributed by atoms with Gasteiger partial charge in [-0.3, -0.25) is 0 Å². The first-order chi connectivity index (χ1) is 6.67. The van der Waals surface area contributed by atoms with E-state index in [4.69, 9.17) is 0 Å². The smallest absolute Gasteiger partial charge is 0.260 e. The maximum atomic E-state index is 12.1. The van der Waals surface area contributed by atoms with Gasteiger partial charge in [0.1, 0.15) is 5.54 Å². The monoisotopic (exact) mass is 277 g/mol. The molecule has 0 aromatic heterocycles. The summed E-state index contributed by atoms with van der Waals surface area (Å²) in [5.41, 5.74) is -0.967. The quantitative estimate of drug-likeness (QED) is 0.337. The maximum absolute atomic E-state index is 12.1. The van der Waals surface area contributed by atoms with Gasteiger partial charge in [-0.1, -0.05) is 15.9 Å². The van der Waals surface area contributed by atoms with Gasteiger partial charge in [0, 0.05) is 13.8 Å². The summed E-state index contributed by atoms with van der Waals surface area (Å²) in [6.45, 7) is 8.88. The van der Waals surface area contributed by atoms with Crippen molar-refractivity contribution in [2.24, 2.45) is 5.29 Å². The molecule has 1 atom stereocenters. The lowest BCUT2D eigenvalue weighted by atomic mass is 9.96. The summed E-state index contributed by atoms with van der Waals surface area (Å²) in [6.07, 6.45) is 0. The van der Waals surface area contributed by atoms with E-state index < -0.39 is 11.2 Å². The molecule has 1 aliphatic heterocycles. The lowest BCUT2D eigenvalue weighted by Crippen LogP contribution is -2.50. The number of hydroxylamine groups is 1. The van der Waals surface area contributed by atoms with Crippen LogP contribution in [0.25, 0.3) is 0 Å². The summed E-state index contributed by atoms with van der Waals surface area (Å²) in [5, 5.41) is 16.3. The van der Waals surface area contributed by atoms with Gasteiger partial charge in [-0.05, 0) is 20.8 Å². The van der Waals surface area contributed by atoms with Crippen molar-refractivity contribution in [1.82, 2.24) is 5.01 Å². The van der Waals surface area contributed by atoms with Gasteiger partial charge in [-0.2, -0.15) is 9.75 Å². The van der Waals surface area contributed by atoms with Crippen LogP contribution in [0.4, 0.5) is 0 Å². The van der Waals surface area contributed by atoms with Gasteiger partial charge >= 0.3 is 0 Å². The zero-order valence-corrected chi connectivity index (χ0v) is 11.2. The molecule has 1 aliphatic rings. The molecule has 0 N–H and O–H groups in total. The summed E-state index contributed by atoms with van der Waals surface area (Å²) in [7, 11) is 0. The first-order valence-corrected chi connectivity index (χ1v) is 5.71. The van der Waals surface area contributed by atoms with Gasteiger partial charge < -0.3 is 5.21 Å². The van der Waals surface area contributed by atoms with Gasteiger partial charge in [0.15, 0.2) is 0 Å². The second kappa shape index (κ2) is 3.43. The van der Waals surface area contributed by atoms with E-state index in [0.29, 0.717) is 5.71 Å². The predicted molar refractivity (Wildman–Crippen MR) is 62.8 cm³/mol. The van der Waals surface area contributed by atoms with Crippen LogP contribution in [0.3, 0.4) is 0 Å². The van der Waals surface area contributed by atoms with E-state index in [1.165, 1.54) is 5.01 Å². The number of alkyl halides is 1. The minimum atomic E-state index is -0.928. The van der Waals surface area contributed by atoms with Crippen molar-refractivity contribution < 1.29 is 4.74 Å². The molecule has 0 fully saturated rings. The first-order valence-electron chi connectivity index (χ1n) is 4.79. The van der Waals surface area contributed by atoms with Crippen LogP contribution in [0.2, 0.25) is 0 Å². The molecule has 0 spiro atoms. The van der Waals surface area contributed by atoms with E-state index in [2.05, 4.69) is 21.2 Å². The molecule has 0 amide bonds. The Balaban J connectivity index is 3.37. The fourth-order valence-corrected chi connectivity index (χ4v) is 3.02. The molecule has 0 aromatic rings. The van der Waals surface area contributed by atoms with Crippen LogP contribution < -0.4 is 0 Å². The lowest BCUT2D eigenvalue weighted by Gasteiger charge is -2.30. The van der Waals surface area contributed by atoms with E-state index in [1.54, 1.807) is 13.8 Å². The van der Waals surface area contributed by atoms with Crippen LogP contribution in [-0.2, 0) is 0 Å². The Labute approximate surface area is 97.8 Å². The lowest BCUT2D eigenvalue weighted by molar-refractivity contribution is -0.559. The molecule has 86 valence electrons. The summed E-state index contributed by atoms with van der Waals surface area (Å²) < 4.78 is 0.869. The number of hydrogen-bond donors (Lipinski definition) is 0. The van der Waals surface area contributed by atoms with Crippen LogP contribution in [-0.4, -0.2) is 31.5 Å². The third kappa shape index (κ3) is 1.55. The van der Waals surface area contributed by atoms with Gasteiger partial charge in [-0.15, -0.1) is 4.91 Å². The second-order valence-corrected chi connectivity index (χ2v) is 6.12. The van der Waals surface area contributed by atoms with Crippen LogP contribution in [0.15, 0.2) is 5.29 Å². The zero-order valence-electron chi connectivity index (χ0n) is 9.61. The Kier molecular flexibility index (Phi) is 2.84. The highest BCUT2D eigenvalue weighted by Gasteiger charge is 2.58. The average Bonchev–Trinajstić information content (AvgIpc) is 2.14. The minimum Gasteiger partial charge on any atom is -0.622 e. The van der Waals surface area contributed by atoms with Gasteiger partial charge in [-0.25, -0.2) is 0 Å². The van der Waals surface area contributed by atoms with Crippen molar-refractivity contribution >= 4 is 21.6 Å². The van der Waals surface area contributed by atoms with Crippen molar-refractivity contribution in [3.63, 3.8) is 0 Å². The predicted octanol–water partition coefficient (Wildman–Crippen LogP) is 2.23. The van der Waals surface area contributed by atoms with Gasteiger partial charge in [0.2, 0.25) is 5.71 Å². The summed E-state index contributed by atoms with van der Waals surface area (Å²) >= 11 is 3.38. The highest BCUT2D eigenvalue weighted by Crippen LogP contribution is 2.36. The Morgan fingerprint density at radius 3 is 2.13 bits per heavy atom. The highest BCUT2D eigenvalue weighted by molar-refractivity contribution is 9.10. The van der Waals surface area contributed by atoms with Crippen molar-refractivity contribution in [2.45, 2.75) is 50.6 Å². The molecule has 0 aromatic carbocycles. The van der Waals surface area contributed by atoms with Gasteiger partial charge in [0.25, 0.3) is 5.66 Å². The fraction of sp³-hybridized carbons (Fsp3) is 0.889. The van der Waals surface area contributed by atoms with E-state index in [1.807, 2.05) is 20.8 Å². The molecule has 0 bridgehead atoms. The molecule has 0 radical (unpaired) electrons. The Bertz CT molecular complexity index is 323. The molecular formula is C9H16BrN3O2. The van der Waals surface area contributed by atoms with E-state index in [-0.39, 0.29) is 4.83 Å². The Hall–Kier alpha value is -0.650. The standard InChI is InChI=1S/C9H16BrN3O2/c1-6(10)7-8(2,3)13(11-14)9(4,5)12(7)15/h6H,1-5H3. The molecule has 5 nitrogen and oxygen atoms in total. The Morgan fingerprint density at radius 2 is 1.93 bits per heavy atom. The molecule has 1 heterocycles. The molecule has 0 saturated heterocycles. The van der Waals surface area contributed by atoms with E-state index in [9.17, 15) is 10.1 Å². The number of hydrogen-bond acceptors (Lipinski definition) is 3. The molecular weight excluding hydrogens is 262 g/mol. The average molecular weight is 278 g/mol. The molecule has 0 saturated carbocycles.